The molecule has 0 saturated carbocycles. The van der Waals surface area contributed by atoms with E-state index in [0.29, 0.717) is 0 Å². The summed E-state index contributed by atoms with van der Waals surface area (Å²) in [6.07, 6.45) is 3.78. The molecule has 23 heavy (non-hydrogen) atoms. The molecule has 1 aromatic carbocycles. The van der Waals surface area contributed by atoms with Crippen LogP contribution in [0.2, 0.25) is 0 Å². The molecule has 0 aliphatic rings. The largest absolute Gasteiger partial charge is 0.376 e. The van der Waals surface area contributed by atoms with Crippen LogP contribution in [-0.4, -0.2) is 20.0 Å². The minimum atomic E-state index is 0.0557. The van der Waals surface area contributed by atoms with Crippen LogP contribution in [0.1, 0.15) is 18.7 Å². The first kappa shape index (κ1) is 13.9. The van der Waals surface area contributed by atoms with Crippen LogP contribution < -0.4 is 5.32 Å². The zero-order chi connectivity index (χ0) is 15.6. The van der Waals surface area contributed by atoms with Gasteiger partial charge in [-0.3, -0.25) is 4.98 Å². The van der Waals surface area contributed by atoms with Gasteiger partial charge >= 0.3 is 0 Å². The molecule has 1 unspecified atom stereocenters. The number of anilines is 1. The zero-order valence-electron chi connectivity index (χ0n) is 12.5. The van der Waals surface area contributed by atoms with Crippen molar-refractivity contribution in [3.63, 3.8) is 0 Å². The highest BCUT2D eigenvalue weighted by Gasteiger charge is 2.13. The highest BCUT2D eigenvalue weighted by Crippen LogP contribution is 2.29. The van der Waals surface area contributed by atoms with Gasteiger partial charge in [0.15, 0.2) is 0 Å². The molecule has 114 valence electrons. The maximum absolute atomic E-state index is 4.36. The highest BCUT2D eigenvalue weighted by atomic mass is 32.1. The molecule has 0 aliphatic heterocycles. The minimum Gasteiger partial charge on any atom is -0.376 e. The third kappa shape index (κ3) is 2.68. The van der Waals surface area contributed by atoms with Crippen molar-refractivity contribution < 1.29 is 0 Å². The number of aromatic nitrogens is 4. The number of nitrogens with zero attached hydrogens (tertiary/aromatic N) is 4. The number of hydrogen-bond acceptors (Lipinski definition) is 5. The Morgan fingerprint density at radius 2 is 2.00 bits per heavy atom. The Bertz CT molecular complexity index is 928. The van der Waals surface area contributed by atoms with Gasteiger partial charge in [-0.05, 0) is 36.6 Å². The van der Waals surface area contributed by atoms with Gasteiger partial charge in [-0.1, -0.05) is 23.4 Å². The van der Waals surface area contributed by atoms with E-state index in [1.165, 1.54) is 0 Å². The molecule has 0 bridgehead atoms. The van der Waals surface area contributed by atoms with Crippen LogP contribution in [0.5, 0.6) is 0 Å². The third-order valence-electron chi connectivity index (χ3n) is 3.69. The van der Waals surface area contributed by atoms with Crippen molar-refractivity contribution in [2.24, 2.45) is 0 Å². The Morgan fingerprint density at radius 3 is 2.87 bits per heavy atom. The van der Waals surface area contributed by atoms with Crippen molar-refractivity contribution in [1.82, 2.24) is 20.0 Å². The van der Waals surface area contributed by atoms with Crippen LogP contribution >= 0.6 is 11.3 Å². The summed E-state index contributed by atoms with van der Waals surface area (Å²) < 4.78 is 2.95. The molecule has 1 N–H and O–H groups in total. The number of fused-ring (bicyclic) bond motifs is 1. The lowest BCUT2D eigenvalue weighted by atomic mass is 10.2. The molecule has 0 radical (unpaired) electrons. The normalized spacial score (nSPS) is 12.4. The second-order valence-electron chi connectivity index (χ2n) is 5.28. The number of nitrogens with one attached hydrogen (secondary N) is 1. The lowest BCUT2D eigenvalue weighted by Crippen LogP contribution is -2.07. The van der Waals surface area contributed by atoms with E-state index < -0.39 is 0 Å². The Hall–Kier alpha value is -2.73. The van der Waals surface area contributed by atoms with E-state index in [2.05, 4.69) is 32.9 Å². The molecule has 6 heteroatoms. The summed E-state index contributed by atoms with van der Waals surface area (Å²) in [5.41, 5.74) is 3.99. The number of rotatable bonds is 4. The van der Waals surface area contributed by atoms with Crippen molar-refractivity contribution in [2.75, 3.05) is 5.32 Å². The fraction of sp³-hybridized carbons (Fsp3) is 0.118. The minimum absolute atomic E-state index is 0.0557. The van der Waals surface area contributed by atoms with Crippen molar-refractivity contribution in [3.8, 4) is 5.69 Å². The standard InChI is InChI=1S/C17H15N5S/c1-12(19-15-7-9-18-14-8-10-23-17(14)15)16-11-22(21-20-16)13-5-3-2-4-6-13/h2-12H,1H3,(H,18,19). The summed E-state index contributed by atoms with van der Waals surface area (Å²) in [6.45, 7) is 2.08. The smallest absolute Gasteiger partial charge is 0.105 e. The van der Waals surface area contributed by atoms with Gasteiger partial charge in [0.1, 0.15) is 5.69 Å². The molecule has 0 spiro atoms. The van der Waals surface area contributed by atoms with Crippen LogP contribution in [-0.2, 0) is 0 Å². The highest BCUT2D eigenvalue weighted by molar-refractivity contribution is 7.17. The first-order chi connectivity index (χ1) is 11.3. The predicted molar refractivity (Wildman–Crippen MR) is 93.0 cm³/mol. The van der Waals surface area contributed by atoms with E-state index in [1.54, 1.807) is 16.0 Å². The Balaban J connectivity index is 1.59. The molecular weight excluding hydrogens is 306 g/mol. The van der Waals surface area contributed by atoms with E-state index in [4.69, 9.17) is 0 Å². The van der Waals surface area contributed by atoms with Gasteiger partial charge in [0.2, 0.25) is 0 Å². The van der Waals surface area contributed by atoms with Gasteiger partial charge in [-0.15, -0.1) is 16.4 Å². The molecule has 0 fully saturated rings. The molecule has 5 nitrogen and oxygen atoms in total. The molecule has 0 aliphatic carbocycles. The number of thiophene rings is 1. The SMILES string of the molecule is CC(Nc1ccnc2ccsc12)c1cn(-c2ccccc2)nn1. The fourth-order valence-corrected chi connectivity index (χ4v) is 3.30. The molecule has 1 atom stereocenters. The Morgan fingerprint density at radius 1 is 1.13 bits per heavy atom. The quantitative estimate of drug-likeness (QED) is 0.616. The zero-order valence-corrected chi connectivity index (χ0v) is 13.4. The van der Waals surface area contributed by atoms with Crippen LogP contribution in [0.4, 0.5) is 5.69 Å². The van der Waals surface area contributed by atoms with Gasteiger partial charge in [0, 0.05) is 6.20 Å². The number of para-hydroxylation sites is 1. The summed E-state index contributed by atoms with van der Waals surface area (Å²) in [5.74, 6) is 0. The van der Waals surface area contributed by atoms with Gasteiger partial charge in [-0.2, -0.15) is 0 Å². The molecule has 4 aromatic rings. The van der Waals surface area contributed by atoms with E-state index >= 15 is 0 Å². The maximum Gasteiger partial charge on any atom is 0.105 e. The molecule has 4 rings (SSSR count). The van der Waals surface area contributed by atoms with Crippen LogP contribution in [0.25, 0.3) is 15.9 Å². The monoisotopic (exact) mass is 321 g/mol. The van der Waals surface area contributed by atoms with E-state index in [1.807, 2.05) is 54.9 Å². The number of pyridine rings is 1. The first-order valence-electron chi connectivity index (χ1n) is 7.38. The predicted octanol–water partition coefficient (Wildman–Crippen LogP) is 4.05. The topological polar surface area (TPSA) is 55.6 Å². The van der Waals surface area contributed by atoms with Crippen molar-refractivity contribution in [2.45, 2.75) is 13.0 Å². The maximum atomic E-state index is 4.36. The van der Waals surface area contributed by atoms with Gasteiger partial charge < -0.3 is 5.32 Å². The number of benzene rings is 1. The average Bonchev–Trinajstić information content (AvgIpc) is 3.25. The number of hydrogen-bond donors (Lipinski definition) is 1. The lowest BCUT2D eigenvalue weighted by Gasteiger charge is -2.12. The van der Waals surface area contributed by atoms with E-state index in [0.717, 1.165) is 27.3 Å². The van der Waals surface area contributed by atoms with Gasteiger partial charge in [-0.25, -0.2) is 4.68 Å². The second-order valence-corrected chi connectivity index (χ2v) is 6.20. The molecule has 3 heterocycles. The molecular formula is C17H15N5S. The molecule has 0 amide bonds. The van der Waals surface area contributed by atoms with Crippen LogP contribution in [0, 0.1) is 0 Å². The third-order valence-corrected chi connectivity index (χ3v) is 4.63. The van der Waals surface area contributed by atoms with E-state index in [-0.39, 0.29) is 6.04 Å². The molecule has 0 saturated heterocycles. The van der Waals surface area contributed by atoms with E-state index in [9.17, 15) is 0 Å². The Labute approximate surface area is 137 Å². The van der Waals surface area contributed by atoms with Gasteiger partial charge in [0.25, 0.3) is 0 Å². The van der Waals surface area contributed by atoms with Crippen molar-refractivity contribution in [1.29, 1.82) is 0 Å². The van der Waals surface area contributed by atoms with Crippen LogP contribution in [0.15, 0.2) is 60.2 Å². The summed E-state index contributed by atoms with van der Waals surface area (Å²) in [7, 11) is 0. The van der Waals surface area contributed by atoms with Crippen molar-refractivity contribution >= 4 is 27.2 Å². The Kier molecular flexibility index (Phi) is 3.51. The summed E-state index contributed by atoms with van der Waals surface area (Å²) >= 11 is 1.69. The van der Waals surface area contributed by atoms with Crippen molar-refractivity contribution in [3.05, 3.63) is 65.9 Å². The first-order valence-corrected chi connectivity index (χ1v) is 8.25. The summed E-state index contributed by atoms with van der Waals surface area (Å²) in [4.78, 5) is 4.36. The summed E-state index contributed by atoms with van der Waals surface area (Å²) in [5, 5.41) is 14.1. The lowest BCUT2D eigenvalue weighted by molar-refractivity contribution is 0.781. The average molecular weight is 321 g/mol. The second kappa shape index (κ2) is 5.81. The fourth-order valence-electron chi connectivity index (χ4n) is 2.48. The summed E-state index contributed by atoms with van der Waals surface area (Å²) in [6, 6.07) is 14.1. The van der Waals surface area contributed by atoms with Gasteiger partial charge in [0.05, 0.1) is 33.8 Å². The van der Waals surface area contributed by atoms with Crippen LogP contribution in [0.3, 0.4) is 0 Å². The molecule has 3 aromatic heterocycles.